The molecule has 0 spiro atoms. The van der Waals surface area contributed by atoms with Crippen LogP contribution in [0.5, 0.6) is 11.5 Å². The third-order valence-electron chi connectivity index (χ3n) is 6.07. The molecule has 3 aromatic rings. The maximum Gasteiger partial charge on any atom is 0.501 e. The van der Waals surface area contributed by atoms with Crippen LogP contribution >= 0.6 is 0 Å². The molecule has 1 aliphatic heterocycles. The summed E-state index contributed by atoms with van der Waals surface area (Å²) in [5.74, 6) is 0.0373. The number of amides is 4. The lowest BCUT2D eigenvalue weighted by atomic mass is 9.94. The summed E-state index contributed by atoms with van der Waals surface area (Å²) < 4.78 is 17.0. The van der Waals surface area contributed by atoms with E-state index < -0.39 is 23.8 Å². The first-order valence-corrected chi connectivity index (χ1v) is 11.7. The van der Waals surface area contributed by atoms with Gasteiger partial charge in [-0.2, -0.15) is 14.4 Å². The molecular formula is C27H24N5O6+. The van der Waals surface area contributed by atoms with Gasteiger partial charge in [0.05, 0.1) is 14.2 Å². The van der Waals surface area contributed by atoms with E-state index in [9.17, 15) is 14.4 Å². The second-order valence-corrected chi connectivity index (χ2v) is 8.46. The van der Waals surface area contributed by atoms with Crippen LogP contribution < -0.4 is 14.8 Å². The van der Waals surface area contributed by atoms with Gasteiger partial charge in [-0.25, -0.2) is 4.79 Å². The smallest absolute Gasteiger partial charge is 0.497 e. The number of rotatable bonds is 8. The van der Waals surface area contributed by atoms with Crippen molar-refractivity contribution in [2.45, 2.75) is 6.54 Å². The Kier molecular flexibility index (Phi) is 6.81. The summed E-state index contributed by atoms with van der Waals surface area (Å²) in [6, 6.07) is 13.3. The number of nitrogens with one attached hydrogen (secondary N) is 1. The van der Waals surface area contributed by atoms with Gasteiger partial charge in [0.15, 0.2) is 13.1 Å². The molecule has 4 amide bonds. The first-order chi connectivity index (χ1) is 18.5. The number of aromatic nitrogens is 2. The Bertz CT molecular complexity index is 1490. The molecule has 1 aliphatic carbocycles. The Balaban J connectivity index is 1.37. The van der Waals surface area contributed by atoms with E-state index in [0.29, 0.717) is 34.3 Å². The van der Waals surface area contributed by atoms with Crippen LogP contribution in [0.15, 0.2) is 77.4 Å². The molecule has 2 heterocycles. The zero-order valence-electron chi connectivity index (χ0n) is 20.7. The van der Waals surface area contributed by atoms with Gasteiger partial charge in [0.25, 0.3) is 11.8 Å². The average molecular weight is 515 g/mol. The molecule has 0 radical (unpaired) electrons. The summed E-state index contributed by atoms with van der Waals surface area (Å²) >= 11 is 0. The minimum Gasteiger partial charge on any atom is -0.497 e. The van der Waals surface area contributed by atoms with Gasteiger partial charge < -0.3 is 19.3 Å². The van der Waals surface area contributed by atoms with Crippen molar-refractivity contribution in [3.8, 4) is 22.9 Å². The zero-order valence-corrected chi connectivity index (χ0v) is 20.7. The normalized spacial score (nSPS) is 16.5. The van der Waals surface area contributed by atoms with Crippen LogP contribution in [-0.2, 0) is 16.1 Å². The van der Waals surface area contributed by atoms with Crippen molar-refractivity contribution in [3.63, 3.8) is 0 Å². The summed E-state index contributed by atoms with van der Waals surface area (Å²) in [5.41, 5.74) is 1.62. The number of nitrogens with zero attached hydrogens (tertiary/aromatic N) is 4. The number of allylic oxidation sites excluding steroid dienone is 3. The van der Waals surface area contributed by atoms with Gasteiger partial charge in [-0.3, -0.25) is 4.79 Å². The number of fused-ring (bicyclic) bond motifs is 1. The minimum atomic E-state index is -0.730. The maximum absolute atomic E-state index is 13.5. The summed E-state index contributed by atoms with van der Waals surface area (Å²) in [6.07, 6.45) is 6.78. The van der Waals surface area contributed by atoms with Crippen molar-refractivity contribution in [3.05, 3.63) is 78.7 Å². The topological polar surface area (TPSA) is 127 Å². The molecule has 11 heteroatoms. The van der Waals surface area contributed by atoms with Crippen molar-refractivity contribution in [1.29, 1.82) is 0 Å². The van der Waals surface area contributed by atoms with Gasteiger partial charge >= 0.3 is 11.9 Å². The molecule has 0 bridgehead atoms. The molecule has 38 heavy (non-hydrogen) atoms. The van der Waals surface area contributed by atoms with Gasteiger partial charge in [-0.05, 0) is 42.5 Å². The Morgan fingerprint density at radius 2 is 1.87 bits per heavy atom. The van der Waals surface area contributed by atoms with Crippen molar-refractivity contribution < 1.29 is 33.0 Å². The molecule has 0 saturated heterocycles. The number of ether oxygens (including phenoxy) is 2. The summed E-state index contributed by atoms with van der Waals surface area (Å²) in [5, 5.41) is 6.74. The molecule has 0 saturated carbocycles. The monoisotopic (exact) mass is 514 g/mol. The Labute approximate surface area is 217 Å². The number of benzene rings is 2. The van der Waals surface area contributed by atoms with Gasteiger partial charge in [-0.15, -0.1) is 4.90 Å². The van der Waals surface area contributed by atoms with E-state index in [0.717, 1.165) is 4.90 Å². The third-order valence-corrected chi connectivity index (χ3v) is 6.07. The SMILES string of the molecule is COc1ccc(-c2noc(CN3C(=O)C4C=CC=CC4=[N+](CC(=O)Nc4cccc(OC)c4)C3=O)n2)cc1. The molecule has 1 atom stereocenters. The van der Waals surface area contributed by atoms with E-state index in [-0.39, 0.29) is 19.0 Å². The largest absolute Gasteiger partial charge is 0.501 e. The number of imide groups is 1. The highest BCUT2D eigenvalue weighted by Crippen LogP contribution is 2.24. The van der Waals surface area contributed by atoms with Crippen LogP contribution in [0.4, 0.5) is 10.5 Å². The predicted octanol–water partition coefficient (Wildman–Crippen LogP) is 3.05. The number of hydrogen-bond acceptors (Lipinski definition) is 8. The number of carbonyl (C=O) groups is 3. The summed E-state index contributed by atoms with van der Waals surface area (Å²) in [6.45, 7) is -0.541. The number of carbonyl (C=O) groups excluding carboxylic acids is 3. The van der Waals surface area contributed by atoms with Crippen molar-refractivity contribution in [2.75, 3.05) is 26.1 Å². The first kappa shape index (κ1) is 24.6. The van der Waals surface area contributed by atoms with E-state index >= 15 is 0 Å². The highest BCUT2D eigenvalue weighted by atomic mass is 16.5. The van der Waals surface area contributed by atoms with Crippen LogP contribution in [0.3, 0.4) is 0 Å². The number of hydrogen-bond donors (Lipinski definition) is 1. The molecule has 0 fully saturated rings. The second kappa shape index (κ2) is 10.5. The van der Waals surface area contributed by atoms with Crippen LogP contribution in [-0.4, -0.2) is 63.9 Å². The average Bonchev–Trinajstić information content (AvgIpc) is 3.42. The van der Waals surface area contributed by atoms with Crippen LogP contribution in [0, 0.1) is 5.92 Å². The van der Waals surface area contributed by atoms with Crippen molar-refractivity contribution in [2.24, 2.45) is 5.92 Å². The molecule has 2 aromatic carbocycles. The number of urea groups is 1. The van der Waals surface area contributed by atoms with E-state index in [1.165, 1.54) is 11.7 Å². The van der Waals surface area contributed by atoms with E-state index in [1.54, 1.807) is 79.9 Å². The molecule has 11 nitrogen and oxygen atoms in total. The van der Waals surface area contributed by atoms with E-state index in [1.807, 2.05) is 0 Å². The fraction of sp³-hybridized carbons (Fsp3) is 0.185. The highest BCUT2D eigenvalue weighted by Gasteiger charge is 2.48. The van der Waals surface area contributed by atoms with E-state index in [4.69, 9.17) is 14.0 Å². The lowest BCUT2D eigenvalue weighted by molar-refractivity contribution is -0.428. The molecule has 2 aliphatic rings. The predicted molar refractivity (Wildman–Crippen MR) is 136 cm³/mol. The molecule has 1 N–H and O–H groups in total. The first-order valence-electron chi connectivity index (χ1n) is 11.7. The Morgan fingerprint density at radius 1 is 1.08 bits per heavy atom. The van der Waals surface area contributed by atoms with Crippen LogP contribution in [0.1, 0.15) is 5.89 Å². The van der Waals surface area contributed by atoms with Crippen molar-refractivity contribution >= 4 is 29.2 Å². The second-order valence-electron chi connectivity index (χ2n) is 8.46. The van der Waals surface area contributed by atoms with Crippen LogP contribution in [0.25, 0.3) is 11.4 Å². The molecule has 1 unspecified atom stereocenters. The van der Waals surface area contributed by atoms with E-state index in [2.05, 4.69) is 15.5 Å². The van der Waals surface area contributed by atoms with Gasteiger partial charge in [0, 0.05) is 17.3 Å². The van der Waals surface area contributed by atoms with Gasteiger partial charge in [-0.1, -0.05) is 29.5 Å². The Morgan fingerprint density at radius 3 is 2.63 bits per heavy atom. The molecule has 1 aromatic heterocycles. The number of anilines is 1. The van der Waals surface area contributed by atoms with Gasteiger partial charge in [0.2, 0.25) is 5.82 Å². The fourth-order valence-electron chi connectivity index (χ4n) is 4.18. The van der Waals surface area contributed by atoms with Crippen molar-refractivity contribution in [1.82, 2.24) is 15.0 Å². The summed E-state index contributed by atoms with van der Waals surface area (Å²) in [7, 11) is 3.10. The quantitative estimate of drug-likeness (QED) is 0.455. The third kappa shape index (κ3) is 4.94. The lowest BCUT2D eigenvalue weighted by Crippen LogP contribution is -2.55. The Hall–Kier alpha value is -5.06. The lowest BCUT2D eigenvalue weighted by Gasteiger charge is -2.25. The van der Waals surface area contributed by atoms with Gasteiger partial charge in [0.1, 0.15) is 23.1 Å². The molecule has 5 rings (SSSR count). The minimum absolute atomic E-state index is 0.0806. The highest BCUT2D eigenvalue weighted by molar-refractivity contribution is 6.17. The standard InChI is InChI=1S/C27H23N5O6/c1-36-19-12-10-17(11-13-19)25-29-24(38-30-25)16-32-26(34)21-8-3-4-9-22(21)31(27(32)35)15-23(33)28-18-6-5-7-20(14-18)37-2/h3-14,21H,15-16H2,1-2H3/p+1. The number of methoxy groups -OCH3 is 2. The summed E-state index contributed by atoms with van der Waals surface area (Å²) in [4.78, 5) is 45.0. The maximum atomic E-state index is 13.5. The molecule has 192 valence electrons. The van der Waals surface area contributed by atoms with Crippen LogP contribution in [0.2, 0.25) is 0 Å². The fourth-order valence-corrected chi connectivity index (χ4v) is 4.18. The zero-order chi connectivity index (χ0) is 26.6. The molecular weight excluding hydrogens is 490 g/mol.